The second-order valence-electron chi connectivity index (χ2n) is 2.39. The Morgan fingerprint density at radius 3 is 3.08 bits per heavy atom. The van der Waals surface area contributed by atoms with E-state index in [2.05, 4.69) is 26.1 Å². The highest BCUT2D eigenvalue weighted by atomic mass is 79.9. The van der Waals surface area contributed by atoms with Gasteiger partial charge in [-0.2, -0.15) is 5.10 Å². The highest BCUT2D eigenvalue weighted by molar-refractivity contribution is 9.10. The van der Waals surface area contributed by atoms with Gasteiger partial charge in [-0.25, -0.2) is 0 Å². The topological polar surface area (TPSA) is 37.9 Å². The first-order chi connectivity index (χ1) is 5.83. The second-order valence-corrected chi connectivity index (χ2v) is 3.18. The number of aromatic amines is 1. The molecule has 0 radical (unpaired) electrons. The van der Waals surface area contributed by atoms with Crippen LogP contribution in [0.3, 0.4) is 0 Å². The van der Waals surface area contributed by atoms with E-state index in [1.54, 1.807) is 7.11 Å². The Morgan fingerprint density at radius 2 is 2.33 bits per heavy atom. The fraction of sp³-hybridized carbons (Fsp3) is 0.125. The zero-order chi connectivity index (χ0) is 8.55. The number of fused-ring (bicyclic) bond motifs is 1. The van der Waals surface area contributed by atoms with Crippen molar-refractivity contribution in [1.29, 1.82) is 0 Å². The lowest BCUT2D eigenvalue weighted by Gasteiger charge is -1.99. The summed E-state index contributed by atoms with van der Waals surface area (Å²) in [7, 11) is 1.65. The summed E-state index contributed by atoms with van der Waals surface area (Å²) < 4.78 is 6.03. The summed E-state index contributed by atoms with van der Waals surface area (Å²) in [6, 6.07) is 5.75. The summed E-state index contributed by atoms with van der Waals surface area (Å²) in [6.07, 6.45) is 0. The Balaban J connectivity index is 2.84. The fourth-order valence-corrected chi connectivity index (χ4v) is 1.66. The maximum Gasteiger partial charge on any atom is 0.131 e. The van der Waals surface area contributed by atoms with Crippen molar-refractivity contribution in [1.82, 2.24) is 10.2 Å². The number of rotatable bonds is 1. The third-order valence-corrected chi connectivity index (χ3v) is 2.29. The minimum absolute atomic E-state index is 0.827. The molecule has 1 aromatic carbocycles. The van der Waals surface area contributed by atoms with E-state index in [1.165, 1.54) is 0 Å². The van der Waals surface area contributed by atoms with Crippen molar-refractivity contribution in [2.45, 2.75) is 0 Å². The van der Waals surface area contributed by atoms with E-state index < -0.39 is 0 Å². The molecule has 0 spiro atoms. The van der Waals surface area contributed by atoms with Gasteiger partial charge in [0, 0.05) is 0 Å². The SMILES string of the molecule is COc1cccc2n[nH]c(Br)c12. The van der Waals surface area contributed by atoms with E-state index >= 15 is 0 Å². The molecule has 0 aliphatic carbocycles. The maximum atomic E-state index is 5.18. The number of benzene rings is 1. The molecule has 1 N–H and O–H groups in total. The summed E-state index contributed by atoms with van der Waals surface area (Å²) in [5, 5.41) is 7.90. The highest BCUT2D eigenvalue weighted by Crippen LogP contribution is 2.29. The molecule has 0 saturated heterocycles. The zero-order valence-electron chi connectivity index (χ0n) is 6.47. The Labute approximate surface area is 77.9 Å². The average Bonchev–Trinajstić information content (AvgIpc) is 2.48. The molecule has 12 heavy (non-hydrogen) atoms. The first-order valence-electron chi connectivity index (χ1n) is 3.49. The van der Waals surface area contributed by atoms with Crippen LogP contribution in [0, 0.1) is 0 Å². The third-order valence-electron chi connectivity index (χ3n) is 1.72. The van der Waals surface area contributed by atoms with Crippen LogP contribution in [0.4, 0.5) is 0 Å². The second kappa shape index (κ2) is 2.79. The van der Waals surface area contributed by atoms with Gasteiger partial charge in [0.05, 0.1) is 18.0 Å². The monoisotopic (exact) mass is 226 g/mol. The third kappa shape index (κ3) is 0.992. The summed E-state index contributed by atoms with van der Waals surface area (Å²) >= 11 is 3.36. The summed E-state index contributed by atoms with van der Waals surface area (Å²) in [6.45, 7) is 0. The lowest BCUT2D eigenvalue weighted by atomic mass is 10.2. The molecule has 62 valence electrons. The summed E-state index contributed by atoms with van der Waals surface area (Å²) in [5.74, 6) is 0.827. The van der Waals surface area contributed by atoms with Gasteiger partial charge in [0.1, 0.15) is 10.4 Å². The minimum atomic E-state index is 0.827. The first-order valence-corrected chi connectivity index (χ1v) is 4.29. The van der Waals surface area contributed by atoms with Crippen LogP contribution in [0.1, 0.15) is 0 Å². The van der Waals surface area contributed by atoms with Crippen molar-refractivity contribution in [2.24, 2.45) is 0 Å². The lowest BCUT2D eigenvalue weighted by Crippen LogP contribution is -1.82. The number of nitrogens with zero attached hydrogens (tertiary/aromatic N) is 1. The van der Waals surface area contributed by atoms with Gasteiger partial charge in [-0.3, -0.25) is 5.10 Å². The molecule has 0 aliphatic heterocycles. The van der Waals surface area contributed by atoms with Crippen LogP contribution >= 0.6 is 15.9 Å². The van der Waals surface area contributed by atoms with Crippen LogP contribution < -0.4 is 4.74 Å². The van der Waals surface area contributed by atoms with E-state index in [0.29, 0.717) is 0 Å². The molecule has 4 heteroatoms. The van der Waals surface area contributed by atoms with Gasteiger partial charge in [-0.05, 0) is 28.1 Å². The molecule has 2 aromatic rings. The highest BCUT2D eigenvalue weighted by Gasteiger charge is 2.06. The molecule has 0 amide bonds. The van der Waals surface area contributed by atoms with E-state index in [9.17, 15) is 0 Å². The normalized spacial score (nSPS) is 10.5. The van der Waals surface area contributed by atoms with Gasteiger partial charge in [0.25, 0.3) is 0 Å². The van der Waals surface area contributed by atoms with Gasteiger partial charge in [0.2, 0.25) is 0 Å². The predicted molar refractivity (Wildman–Crippen MR) is 50.3 cm³/mol. The molecule has 0 aliphatic rings. The number of halogens is 1. The van der Waals surface area contributed by atoms with Crippen LogP contribution in [-0.4, -0.2) is 17.3 Å². The first kappa shape index (κ1) is 7.61. The number of aromatic nitrogens is 2. The fourth-order valence-electron chi connectivity index (χ4n) is 1.17. The number of methoxy groups -OCH3 is 1. The molecule has 1 heterocycles. The van der Waals surface area contributed by atoms with E-state index in [4.69, 9.17) is 4.74 Å². The van der Waals surface area contributed by atoms with Crippen molar-refractivity contribution < 1.29 is 4.74 Å². The molecule has 2 rings (SSSR count). The summed E-state index contributed by atoms with van der Waals surface area (Å²) in [4.78, 5) is 0. The molecule has 3 nitrogen and oxygen atoms in total. The van der Waals surface area contributed by atoms with Gasteiger partial charge in [-0.15, -0.1) is 0 Å². The van der Waals surface area contributed by atoms with Gasteiger partial charge in [-0.1, -0.05) is 6.07 Å². The molecular weight excluding hydrogens is 220 g/mol. The number of hydrogen-bond acceptors (Lipinski definition) is 2. The Bertz CT molecular complexity index is 410. The zero-order valence-corrected chi connectivity index (χ0v) is 8.05. The van der Waals surface area contributed by atoms with Crippen LogP contribution in [0.5, 0.6) is 5.75 Å². The van der Waals surface area contributed by atoms with E-state index in [0.717, 1.165) is 21.3 Å². The molecule has 1 aromatic heterocycles. The van der Waals surface area contributed by atoms with E-state index in [1.807, 2.05) is 18.2 Å². The van der Waals surface area contributed by atoms with Crippen LogP contribution in [0.25, 0.3) is 10.9 Å². The molecule has 0 bridgehead atoms. The standard InChI is InChI=1S/C8H7BrN2O/c1-12-6-4-2-3-5-7(6)8(9)11-10-5/h2-4H,1H3,(H,10,11). The van der Waals surface area contributed by atoms with Crippen LogP contribution in [0.15, 0.2) is 22.8 Å². The molecule has 0 unspecified atom stereocenters. The van der Waals surface area contributed by atoms with Gasteiger partial charge in [0.15, 0.2) is 0 Å². The van der Waals surface area contributed by atoms with Crippen molar-refractivity contribution in [3.8, 4) is 5.75 Å². The van der Waals surface area contributed by atoms with Crippen molar-refractivity contribution in [3.05, 3.63) is 22.8 Å². The Kier molecular flexibility index (Phi) is 1.77. The number of H-pyrrole nitrogens is 1. The lowest BCUT2D eigenvalue weighted by molar-refractivity contribution is 0.419. The largest absolute Gasteiger partial charge is 0.496 e. The van der Waals surface area contributed by atoms with Crippen molar-refractivity contribution in [2.75, 3.05) is 7.11 Å². The average molecular weight is 227 g/mol. The Morgan fingerprint density at radius 1 is 1.50 bits per heavy atom. The number of nitrogens with one attached hydrogen (secondary N) is 1. The molecular formula is C8H7BrN2O. The Hall–Kier alpha value is -1.03. The predicted octanol–water partition coefficient (Wildman–Crippen LogP) is 2.33. The van der Waals surface area contributed by atoms with Gasteiger partial charge < -0.3 is 4.74 Å². The number of ether oxygens (including phenoxy) is 1. The maximum absolute atomic E-state index is 5.18. The summed E-state index contributed by atoms with van der Waals surface area (Å²) in [5.41, 5.74) is 0.904. The smallest absolute Gasteiger partial charge is 0.131 e. The molecule has 0 fully saturated rings. The van der Waals surface area contributed by atoms with Crippen LogP contribution in [0.2, 0.25) is 0 Å². The van der Waals surface area contributed by atoms with Crippen molar-refractivity contribution >= 4 is 26.8 Å². The minimum Gasteiger partial charge on any atom is -0.496 e. The van der Waals surface area contributed by atoms with Crippen molar-refractivity contribution in [3.63, 3.8) is 0 Å². The van der Waals surface area contributed by atoms with E-state index in [-0.39, 0.29) is 0 Å². The number of hydrogen-bond donors (Lipinski definition) is 1. The quantitative estimate of drug-likeness (QED) is 0.811. The molecule has 0 atom stereocenters. The van der Waals surface area contributed by atoms with Gasteiger partial charge >= 0.3 is 0 Å². The molecule has 0 saturated carbocycles. The van der Waals surface area contributed by atoms with Crippen LogP contribution in [-0.2, 0) is 0 Å².